The normalized spacial score (nSPS) is 11.3. The minimum Gasteiger partial charge on any atom is -0.350 e. The molecule has 26 heavy (non-hydrogen) atoms. The van der Waals surface area contributed by atoms with Crippen LogP contribution in [0.15, 0.2) is 53.0 Å². The van der Waals surface area contributed by atoms with Crippen molar-refractivity contribution in [1.29, 1.82) is 0 Å². The van der Waals surface area contributed by atoms with Crippen molar-refractivity contribution >= 4 is 50.8 Å². The maximum absolute atomic E-state index is 12.2. The molecule has 0 radical (unpaired) electrons. The number of hydrogen-bond donors (Lipinski definition) is 3. The summed E-state index contributed by atoms with van der Waals surface area (Å²) in [4.78, 5) is 24.3. The quantitative estimate of drug-likeness (QED) is 0.620. The molecule has 0 bridgehead atoms. The molecule has 0 aliphatic rings. The van der Waals surface area contributed by atoms with Crippen molar-refractivity contribution in [3.63, 3.8) is 0 Å². The van der Waals surface area contributed by atoms with Gasteiger partial charge in [0.2, 0.25) is 0 Å². The molecule has 0 aliphatic heterocycles. The van der Waals surface area contributed by atoms with Crippen LogP contribution in [0.25, 0.3) is 0 Å². The zero-order valence-electron chi connectivity index (χ0n) is 14.5. The number of benzene rings is 2. The maximum Gasteiger partial charge on any atom is 0.258 e. The molecule has 0 saturated heterocycles. The van der Waals surface area contributed by atoms with Crippen LogP contribution in [0.5, 0.6) is 0 Å². The van der Waals surface area contributed by atoms with Crippen molar-refractivity contribution in [1.82, 2.24) is 10.6 Å². The smallest absolute Gasteiger partial charge is 0.258 e. The number of hydrogen-bond acceptors (Lipinski definition) is 3. The average molecular weight is 434 g/mol. The van der Waals surface area contributed by atoms with Crippen molar-refractivity contribution < 1.29 is 9.59 Å². The van der Waals surface area contributed by atoms with Crippen LogP contribution in [-0.4, -0.2) is 23.0 Å². The van der Waals surface area contributed by atoms with Gasteiger partial charge in [0.1, 0.15) is 0 Å². The highest BCUT2D eigenvalue weighted by atomic mass is 79.9. The van der Waals surface area contributed by atoms with E-state index < -0.39 is 0 Å². The Morgan fingerprint density at radius 2 is 1.73 bits per heavy atom. The van der Waals surface area contributed by atoms with Gasteiger partial charge in [-0.25, -0.2) is 0 Å². The summed E-state index contributed by atoms with van der Waals surface area (Å²) in [6.07, 6.45) is 0.872. The van der Waals surface area contributed by atoms with Crippen LogP contribution in [-0.2, 0) is 0 Å². The van der Waals surface area contributed by atoms with Gasteiger partial charge in [0.05, 0.1) is 5.56 Å². The second-order valence-electron chi connectivity index (χ2n) is 5.75. The predicted molar refractivity (Wildman–Crippen MR) is 111 cm³/mol. The molecule has 5 nitrogen and oxygen atoms in total. The van der Waals surface area contributed by atoms with Crippen molar-refractivity contribution in [3.8, 4) is 0 Å². The second kappa shape index (κ2) is 9.45. The molecular formula is C19H20BrN3O2S. The summed E-state index contributed by atoms with van der Waals surface area (Å²) >= 11 is 8.51. The van der Waals surface area contributed by atoms with Gasteiger partial charge in [-0.2, -0.15) is 0 Å². The van der Waals surface area contributed by atoms with Crippen LogP contribution in [0, 0.1) is 0 Å². The average Bonchev–Trinajstić information content (AvgIpc) is 2.62. The van der Waals surface area contributed by atoms with Crippen LogP contribution in [0.1, 0.15) is 41.0 Å². The lowest BCUT2D eigenvalue weighted by molar-refractivity contribution is 0.0937. The van der Waals surface area contributed by atoms with Crippen LogP contribution in [0.3, 0.4) is 0 Å². The van der Waals surface area contributed by atoms with E-state index in [1.165, 1.54) is 0 Å². The SMILES string of the molecule is CCC(C)NC(=O)c1ccc(NC(=S)NC(=O)c2ccccc2Br)cc1. The molecule has 0 aliphatic carbocycles. The predicted octanol–water partition coefficient (Wildman–Crippen LogP) is 4.10. The van der Waals surface area contributed by atoms with Gasteiger partial charge in [-0.1, -0.05) is 19.1 Å². The van der Waals surface area contributed by atoms with E-state index in [4.69, 9.17) is 12.2 Å². The van der Waals surface area contributed by atoms with Crippen LogP contribution in [0.4, 0.5) is 5.69 Å². The Balaban J connectivity index is 1.94. The molecule has 0 aromatic heterocycles. The monoisotopic (exact) mass is 433 g/mol. The first-order chi connectivity index (χ1) is 12.4. The topological polar surface area (TPSA) is 70.2 Å². The minimum atomic E-state index is -0.306. The first-order valence-corrected chi connectivity index (χ1v) is 9.38. The number of anilines is 1. The standard InChI is InChI=1S/C19H20BrN3O2S/c1-3-12(2)21-17(24)13-8-10-14(11-9-13)22-19(26)23-18(25)15-6-4-5-7-16(15)20/h4-12H,3H2,1-2H3,(H,21,24)(H2,22,23,25,26). The molecular weight excluding hydrogens is 414 g/mol. The third kappa shape index (κ3) is 5.64. The zero-order valence-corrected chi connectivity index (χ0v) is 16.9. The van der Waals surface area contributed by atoms with Gasteiger partial charge in [0.25, 0.3) is 11.8 Å². The molecule has 2 aromatic rings. The Hall–Kier alpha value is -2.25. The second-order valence-corrected chi connectivity index (χ2v) is 7.01. The van der Waals surface area contributed by atoms with Gasteiger partial charge in [-0.05, 0) is 77.9 Å². The van der Waals surface area contributed by atoms with Crippen LogP contribution >= 0.6 is 28.1 Å². The Morgan fingerprint density at radius 3 is 2.35 bits per heavy atom. The fourth-order valence-corrected chi connectivity index (χ4v) is 2.77. The van der Waals surface area contributed by atoms with E-state index in [1.807, 2.05) is 19.9 Å². The summed E-state index contributed by atoms with van der Waals surface area (Å²) in [7, 11) is 0. The number of amides is 2. The number of halogens is 1. The summed E-state index contributed by atoms with van der Waals surface area (Å²) in [5, 5.41) is 8.65. The molecule has 1 unspecified atom stereocenters. The van der Waals surface area contributed by atoms with Gasteiger partial charge in [-0.15, -0.1) is 0 Å². The Labute approximate surface area is 166 Å². The summed E-state index contributed by atoms with van der Waals surface area (Å²) in [6, 6.07) is 14.1. The fraction of sp³-hybridized carbons (Fsp3) is 0.211. The first-order valence-electron chi connectivity index (χ1n) is 8.18. The summed E-state index contributed by atoms with van der Waals surface area (Å²) in [6.45, 7) is 3.97. The van der Waals surface area contributed by atoms with Crippen molar-refractivity contribution in [2.24, 2.45) is 0 Å². The molecule has 7 heteroatoms. The van der Waals surface area contributed by atoms with Crippen molar-refractivity contribution in [2.45, 2.75) is 26.3 Å². The lowest BCUT2D eigenvalue weighted by Crippen LogP contribution is -2.34. The maximum atomic E-state index is 12.2. The van der Waals surface area contributed by atoms with Gasteiger partial charge in [0.15, 0.2) is 5.11 Å². The lowest BCUT2D eigenvalue weighted by atomic mass is 10.1. The lowest BCUT2D eigenvalue weighted by Gasteiger charge is -2.13. The number of carbonyl (C=O) groups is 2. The number of thiocarbonyl (C=S) groups is 1. The number of nitrogens with one attached hydrogen (secondary N) is 3. The molecule has 2 amide bonds. The van der Waals surface area contributed by atoms with Gasteiger partial charge in [0, 0.05) is 21.8 Å². The first kappa shape index (κ1) is 20.1. The highest BCUT2D eigenvalue weighted by molar-refractivity contribution is 9.10. The largest absolute Gasteiger partial charge is 0.350 e. The number of carbonyl (C=O) groups excluding carboxylic acids is 2. The van der Waals surface area contributed by atoms with E-state index in [9.17, 15) is 9.59 Å². The molecule has 0 spiro atoms. The molecule has 136 valence electrons. The van der Waals surface area contributed by atoms with Crippen molar-refractivity contribution in [3.05, 3.63) is 64.1 Å². The highest BCUT2D eigenvalue weighted by Crippen LogP contribution is 2.15. The van der Waals surface area contributed by atoms with E-state index in [1.54, 1.807) is 42.5 Å². The fourth-order valence-electron chi connectivity index (χ4n) is 2.09. The molecule has 2 aromatic carbocycles. The molecule has 0 saturated carbocycles. The van der Waals surface area contributed by atoms with E-state index in [0.717, 1.165) is 6.42 Å². The Bertz CT molecular complexity index is 809. The number of rotatable bonds is 5. The van der Waals surface area contributed by atoms with Gasteiger partial charge in [-0.3, -0.25) is 14.9 Å². The highest BCUT2D eigenvalue weighted by Gasteiger charge is 2.12. The summed E-state index contributed by atoms with van der Waals surface area (Å²) < 4.78 is 0.692. The van der Waals surface area contributed by atoms with E-state index in [2.05, 4.69) is 31.9 Å². The molecule has 3 N–H and O–H groups in total. The van der Waals surface area contributed by atoms with Gasteiger partial charge < -0.3 is 10.6 Å². The summed E-state index contributed by atoms with van der Waals surface area (Å²) in [5.41, 5.74) is 1.75. The van der Waals surface area contributed by atoms with E-state index >= 15 is 0 Å². The molecule has 0 fully saturated rings. The summed E-state index contributed by atoms with van der Waals surface area (Å²) in [5.74, 6) is -0.421. The zero-order chi connectivity index (χ0) is 19.1. The Morgan fingerprint density at radius 1 is 1.08 bits per heavy atom. The van der Waals surface area contributed by atoms with E-state index in [-0.39, 0.29) is 23.0 Å². The third-order valence-corrected chi connectivity index (χ3v) is 4.64. The minimum absolute atomic E-state index is 0.115. The molecule has 2 rings (SSSR count). The van der Waals surface area contributed by atoms with E-state index in [0.29, 0.717) is 21.3 Å². The third-order valence-electron chi connectivity index (χ3n) is 3.74. The Kier molecular flexibility index (Phi) is 7.29. The van der Waals surface area contributed by atoms with Gasteiger partial charge >= 0.3 is 0 Å². The molecule has 1 atom stereocenters. The van der Waals surface area contributed by atoms with Crippen molar-refractivity contribution in [2.75, 3.05) is 5.32 Å². The van der Waals surface area contributed by atoms with Crippen LogP contribution in [0.2, 0.25) is 0 Å². The van der Waals surface area contributed by atoms with Crippen LogP contribution < -0.4 is 16.0 Å². The molecule has 0 heterocycles.